The van der Waals surface area contributed by atoms with Crippen molar-refractivity contribution in [2.24, 2.45) is 0 Å². The van der Waals surface area contributed by atoms with Crippen molar-refractivity contribution in [1.82, 2.24) is 15.1 Å². The average molecular weight is 233 g/mol. The predicted octanol–water partition coefficient (Wildman–Crippen LogP) is 2.52. The van der Waals surface area contributed by atoms with Gasteiger partial charge in [-0.05, 0) is 39.0 Å². The van der Waals surface area contributed by atoms with Crippen LogP contribution in [0.1, 0.15) is 31.4 Å². The SMILES string of the molecule is Cc1ccc(C(C)NC(C)Cn2cccn2)o1. The monoisotopic (exact) mass is 233 g/mol. The van der Waals surface area contributed by atoms with Crippen LogP contribution in [-0.2, 0) is 6.54 Å². The molecule has 2 atom stereocenters. The molecule has 17 heavy (non-hydrogen) atoms. The first-order valence-corrected chi connectivity index (χ1v) is 5.95. The van der Waals surface area contributed by atoms with Crippen LogP contribution in [0.15, 0.2) is 35.0 Å². The molecule has 0 radical (unpaired) electrons. The van der Waals surface area contributed by atoms with E-state index in [9.17, 15) is 0 Å². The molecular formula is C13H19N3O. The highest BCUT2D eigenvalue weighted by atomic mass is 16.3. The van der Waals surface area contributed by atoms with Gasteiger partial charge in [0.15, 0.2) is 0 Å². The maximum atomic E-state index is 5.60. The Morgan fingerprint density at radius 2 is 2.24 bits per heavy atom. The van der Waals surface area contributed by atoms with Gasteiger partial charge in [-0.2, -0.15) is 5.10 Å². The Morgan fingerprint density at radius 1 is 1.41 bits per heavy atom. The van der Waals surface area contributed by atoms with Crippen molar-refractivity contribution >= 4 is 0 Å². The van der Waals surface area contributed by atoms with Crippen LogP contribution in [0.5, 0.6) is 0 Å². The fraction of sp³-hybridized carbons (Fsp3) is 0.462. The Bertz CT molecular complexity index is 447. The van der Waals surface area contributed by atoms with E-state index in [0.29, 0.717) is 6.04 Å². The van der Waals surface area contributed by atoms with E-state index < -0.39 is 0 Å². The minimum Gasteiger partial charge on any atom is -0.465 e. The summed E-state index contributed by atoms with van der Waals surface area (Å²) in [4.78, 5) is 0. The fourth-order valence-electron chi connectivity index (χ4n) is 1.94. The first kappa shape index (κ1) is 11.9. The van der Waals surface area contributed by atoms with Gasteiger partial charge in [0.2, 0.25) is 0 Å². The van der Waals surface area contributed by atoms with Gasteiger partial charge in [-0.25, -0.2) is 0 Å². The van der Waals surface area contributed by atoms with Crippen molar-refractivity contribution in [3.05, 3.63) is 42.1 Å². The van der Waals surface area contributed by atoms with Gasteiger partial charge in [-0.3, -0.25) is 4.68 Å². The molecule has 2 heterocycles. The van der Waals surface area contributed by atoms with Crippen LogP contribution >= 0.6 is 0 Å². The molecule has 0 spiro atoms. The number of rotatable bonds is 5. The molecule has 92 valence electrons. The third kappa shape index (κ3) is 3.20. The van der Waals surface area contributed by atoms with Crippen LogP contribution in [0.3, 0.4) is 0 Å². The molecule has 2 unspecified atom stereocenters. The zero-order valence-electron chi connectivity index (χ0n) is 10.6. The van der Waals surface area contributed by atoms with Gasteiger partial charge in [0, 0.05) is 18.4 Å². The highest BCUT2D eigenvalue weighted by Crippen LogP contribution is 2.16. The maximum Gasteiger partial charge on any atom is 0.120 e. The lowest BCUT2D eigenvalue weighted by atomic mass is 10.2. The molecule has 0 aliphatic heterocycles. The molecule has 4 nitrogen and oxygen atoms in total. The van der Waals surface area contributed by atoms with E-state index in [4.69, 9.17) is 4.42 Å². The summed E-state index contributed by atoms with van der Waals surface area (Å²) in [6, 6.07) is 6.51. The van der Waals surface area contributed by atoms with Crippen molar-refractivity contribution < 1.29 is 4.42 Å². The normalized spacial score (nSPS) is 14.8. The average Bonchev–Trinajstić information content (AvgIpc) is 2.89. The number of nitrogens with one attached hydrogen (secondary N) is 1. The second-order valence-corrected chi connectivity index (χ2v) is 4.47. The van der Waals surface area contributed by atoms with Crippen LogP contribution in [0.4, 0.5) is 0 Å². The van der Waals surface area contributed by atoms with E-state index in [-0.39, 0.29) is 6.04 Å². The summed E-state index contributed by atoms with van der Waals surface area (Å²) in [5.41, 5.74) is 0. The van der Waals surface area contributed by atoms with E-state index in [0.717, 1.165) is 18.1 Å². The maximum absolute atomic E-state index is 5.60. The summed E-state index contributed by atoms with van der Waals surface area (Å²) in [6.45, 7) is 7.08. The lowest BCUT2D eigenvalue weighted by Gasteiger charge is -2.18. The Balaban J connectivity index is 1.88. The molecule has 4 heteroatoms. The lowest BCUT2D eigenvalue weighted by Crippen LogP contribution is -2.32. The number of aryl methyl sites for hydroxylation is 1. The largest absolute Gasteiger partial charge is 0.465 e. The van der Waals surface area contributed by atoms with Crippen molar-refractivity contribution in [3.8, 4) is 0 Å². The van der Waals surface area contributed by atoms with E-state index in [1.165, 1.54) is 0 Å². The molecule has 0 aliphatic carbocycles. The summed E-state index contributed by atoms with van der Waals surface area (Å²) >= 11 is 0. The van der Waals surface area contributed by atoms with Gasteiger partial charge < -0.3 is 9.73 Å². The Labute approximate surface area is 102 Å². The van der Waals surface area contributed by atoms with Crippen LogP contribution < -0.4 is 5.32 Å². The van der Waals surface area contributed by atoms with Crippen LogP contribution in [0.2, 0.25) is 0 Å². The third-order valence-corrected chi connectivity index (χ3v) is 2.74. The summed E-state index contributed by atoms with van der Waals surface area (Å²) in [5.74, 6) is 1.93. The Kier molecular flexibility index (Phi) is 3.64. The first-order chi connectivity index (χ1) is 8.15. The van der Waals surface area contributed by atoms with Gasteiger partial charge in [-0.1, -0.05) is 0 Å². The zero-order chi connectivity index (χ0) is 12.3. The van der Waals surface area contributed by atoms with Gasteiger partial charge in [-0.15, -0.1) is 0 Å². The molecule has 0 bridgehead atoms. The summed E-state index contributed by atoms with van der Waals surface area (Å²) in [5, 5.41) is 7.69. The van der Waals surface area contributed by atoms with Crippen LogP contribution in [-0.4, -0.2) is 15.8 Å². The van der Waals surface area contributed by atoms with Crippen LogP contribution in [0.25, 0.3) is 0 Å². The molecule has 0 aliphatic rings. The van der Waals surface area contributed by atoms with Crippen molar-refractivity contribution in [1.29, 1.82) is 0 Å². The van der Waals surface area contributed by atoms with E-state index >= 15 is 0 Å². The third-order valence-electron chi connectivity index (χ3n) is 2.74. The quantitative estimate of drug-likeness (QED) is 0.863. The predicted molar refractivity (Wildman–Crippen MR) is 66.7 cm³/mol. The molecule has 2 aromatic rings. The zero-order valence-corrected chi connectivity index (χ0v) is 10.6. The summed E-state index contributed by atoms with van der Waals surface area (Å²) in [6.07, 6.45) is 3.77. The highest BCUT2D eigenvalue weighted by Gasteiger charge is 2.12. The lowest BCUT2D eigenvalue weighted by molar-refractivity contribution is 0.362. The molecule has 0 aromatic carbocycles. The number of hydrogen-bond acceptors (Lipinski definition) is 3. The smallest absolute Gasteiger partial charge is 0.120 e. The number of nitrogens with zero attached hydrogens (tertiary/aromatic N) is 2. The van der Waals surface area contributed by atoms with Gasteiger partial charge >= 0.3 is 0 Å². The molecule has 0 saturated carbocycles. The van der Waals surface area contributed by atoms with Gasteiger partial charge in [0.05, 0.1) is 12.6 Å². The Morgan fingerprint density at radius 3 is 2.82 bits per heavy atom. The minimum absolute atomic E-state index is 0.217. The molecule has 0 amide bonds. The standard InChI is InChI=1S/C13H19N3O/c1-10(9-16-8-4-7-14-16)15-12(3)13-6-5-11(2)17-13/h4-8,10,12,15H,9H2,1-3H3. The van der Waals surface area contributed by atoms with Gasteiger partial charge in [0.1, 0.15) is 11.5 Å². The number of furan rings is 1. The Hall–Kier alpha value is -1.55. The molecule has 0 saturated heterocycles. The second-order valence-electron chi connectivity index (χ2n) is 4.47. The van der Waals surface area contributed by atoms with E-state index in [2.05, 4.69) is 24.3 Å². The summed E-state index contributed by atoms with van der Waals surface area (Å²) < 4.78 is 7.52. The molecule has 0 fully saturated rings. The molecule has 1 N–H and O–H groups in total. The van der Waals surface area contributed by atoms with E-state index in [1.807, 2.05) is 36.0 Å². The van der Waals surface area contributed by atoms with Crippen molar-refractivity contribution in [2.75, 3.05) is 0 Å². The van der Waals surface area contributed by atoms with Crippen LogP contribution in [0, 0.1) is 6.92 Å². The second kappa shape index (κ2) is 5.19. The van der Waals surface area contributed by atoms with Gasteiger partial charge in [0.25, 0.3) is 0 Å². The van der Waals surface area contributed by atoms with E-state index in [1.54, 1.807) is 6.20 Å². The molecular weight excluding hydrogens is 214 g/mol. The highest BCUT2D eigenvalue weighted by molar-refractivity contribution is 5.09. The number of aromatic nitrogens is 2. The van der Waals surface area contributed by atoms with Crippen molar-refractivity contribution in [3.63, 3.8) is 0 Å². The molecule has 2 rings (SSSR count). The number of hydrogen-bond donors (Lipinski definition) is 1. The first-order valence-electron chi connectivity index (χ1n) is 5.95. The fourth-order valence-corrected chi connectivity index (χ4v) is 1.94. The van der Waals surface area contributed by atoms with Crippen molar-refractivity contribution in [2.45, 2.75) is 39.4 Å². The minimum atomic E-state index is 0.217. The summed E-state index contributed by atoms with van der Waals surface area (Å²) in [7, 11) is 0. The molecule has 2 aromatic heterocycles. The topological polar surface area (TPSA) is 43.0 Å².